The average molecular weight is 284 g/mol. The van der Waals surface area contributed by atoms with Gasteiger partial charge in [0.05, 0.1) is 0 Å². The normalized spacial score (nSPS) is 23.9. The van der Waals surface area contributed by atoms with Crippen molar-refractivity contribution in [2.45, 2.75) is 52.4 Å². The summed E-state index contributed by atoms with van der Waals surface area (Å²) in [4.78, 5) is 22.4. The second kappa shape index (κ2) is 8.82. The van der Waals surface area contributed by atoms with Gasteiger partial charge in [-0.3, -0.25) is 4.79 Å². The minimum Gasteiger partial charge on any atom is -0.481 e. The third-order valence-corrected chi connectivity index (χ3v) is 4.19. The van der Waals surface area contributed by atoms with Crippen molar-refractivity contribution in [1.82, 2.24) is 10.6 Å². The Kier molecular flexibility index (Phi) is 7.41. The van der Waals surface area contributed by atoms with Crippen molar-refractivity contribution in [3.63, 3.8) is 0 Å². The van der Waals surface area contributed by atoms with E-state index in [1.54, 1.807) is 0 Å². The summed E-state index contributed by atoms with van der Waals surface area (Å²) >= 11 is 0. The smallest absolute Gasteiger partial charge is 0.314 e. The molecule has 0 spiro atoms. The van der Waals surface area contributed by atoms with Crippen LogP contribution in [0, 0.1) is 17.8 Å². The summed E-state index contributed by atoms with van der Waals surface area (Å²) in [5.74, 6) is 0.548. The van der Waals surface area contributed by atoms with Gasteiger partial charge in [-0.25, -0.2) is 4.79 Å². The van der Waals surface area contributed by atoms with Gasteiger partial charge in [0, 0.05) is 19.5 Å². The van der Waals surface area contributed by atoms with Gasteiger partial charge in [0.15, 0.2) is 0 Å². The number of nitrogens with one attached hydrogen (secondary N) is 2. The van der Waals surface area contributed by atoms with Gasteiger partial charge in [-0.1, -0.05) is 33.1 Å². The molecular formula is C15H28N2O3. The third kappa shape index (κ3) is 6.78. The predicted molar refractivity (Wildman–Crippen MR) is 78.6 cm³/mol. The minimum absolute atomic E-state index is 0.00736. The summed E-state index contributed by atoms with van der Waals surface area (Å²) in [7, 11) is 0. The number of amides is 2. The topological polar surface area (TPSA) is 78.4 Å². The number of hydrogen-bond acceptors (Lipinski definition) is 2. The van der Waals surface area contributed by atoms with Crippen LogP contribution in [0.15, 0.2) is 0 Å². The highest BCUT2D eigenvalue weighted by molar-refractivity contribution is 5.74. The first-order valence-electron chi connectivity index (χ1n) is 7.74. The van der Waals surface area contributed by atoms with Gasteiger partial charge in [-0.05, 0) is 30.6 Å². The highest BCUT2D eigenvalue weighted by Crippen LogP contribution is 2.27. The van der Waals surface area contributed by atoms with Crippen LogP contribution < -0.4 is 10.6 Å². The van der Waals surface area contributed by atoms with Crippen molar-refractivity contribution in [3.8, 4) is 0 Å². The van der Waals surface area contributed by atoms with Gasteiger partial charge >= 0.3 is 12.0 Å². The molecule has 0 radical (unpaired) electrons. The summed E-state index contributed by atoms with van der Waals surface area (Å²) in [6.07, 6.45) is 5.81. The molecule has 0 aliphatic heterocycles. The van der Waals surface area contributed by atoms with E-state index in [2.05, 4.69) is 17.6 Å². The van der Waals surface area contributed by atoms with Crippen LogP contribution in [0.25, 0.3) is 0 Å². The van der Waals surface area contributed by atoms with Crippen molar-refractivity contribution < 1.29 is 14.7 Å². The zero-order valence-corrected chi connectivity index (χ0v) is 12.7. The molecule has 0 aromatic heterocycles. The van der Waals surface area contributed by atoms with Crippen LogP contribution >= 0.6 is 0 Å². The number of carbonyl (C=O) groups is 2. The molecule has 1 rings (SSSR count). The molecule has 1 saturated carbocycles. The van der Waals surface area contributed by atoms with E-state index in [0.717, 1.165) is 18.9 Å². The molecule has 116 valence electrons. The Bertz CT molecular complexity index is 320. The fourth-order valence-electron chi connectivity index (χ4n) is 2.89. The van der Waals surface area contributed by atoms with Crippen molar-refractivity contribution in [3.05, 3.63) is 0 Å². The number of aliphatic carboxylic acids is 1. The number of rotatable bonds is 7. The SMILES string of the molecule is CCC(CNC(=O)NCC1CCCC(C)C1)CC(=O)O. The van der Waals surface area contributed by atoms with Gasteiger partial charge in [-0.2, -0.15) is 0 Å². The lowest BCUT2D eigenvalue weighted by molar-refractivity contribution is -0.138. The van der Waals surface area contributed by atoms with Crippen LogP contribution in [0.1, 0.15) is 52.4 Å². The Labute approximate surface area is 121 Å². The monoisotopic (exact) mass is 284 g/mol. The second-order valence-electron chi connectivity index (χ2n) is 6.10. The summed E-state index contributed by atoms with van der Waals surface area (Å²) < 4.78 is 0. The first kappa shape index (κ1) is 16.8. The van der Waals surface area contributed by atoms with Crippen LogP contribution in [0.3, 0.4) is 0 Å². The number of carboxylic acid groups (broad SMARTS) is 1. The number of carbonyl (C=O) groups excluding carboxylic acids is 1. The van der Waals surface area contributed by atoms with Crippen molar-refractivity contribution >= 4 is 12.0 Å². The molecule has 0 heterocycles. The Hall–Kier alpha value is -1.26. The lowest BCUT2D eigenvalue weighted by Crippen LogP contribution is -2.41. The van der Waals surface area contributed by atoms with Crippen LogP contribution in [0.2, 0.25) is 0 Å². The molecule has 3 unspecified atom stereocenters. The molecule has 0 bridgehead atoms. The van der Waals surface area contributed by atoms with E-state index >= 15 is 0 Å². The molecule has 1 aliphatic carbocycles. The Morgan fingerprint density at radius 1 is 1.30 bits per heavy atom. The molecule has 0 aromatic carbocycles. The van der Waals surface area contributed by atoms with Crippen LogP contribution in [0.5, 0.6) is 0 Å². The number of hydrogen-bond donors (Lipinski definition) is 3. The lowest BCUT2D eigenvalue weighted by atomic mass is 9.82. The first-order chi connectivity index (χ1) is 9.51. The van der Waals surface area contributed by atoms with E-state index in [0.29, 0.717) is 12.5 Å². The summed E-state index contributed by atoms with van der Waals surface area (Å²) in [6, 6.07) is -0.174. The van der Waals surface area contributed by atoms with Gasteiger partial charge < -0.3 is 15.7 Å². The maximum absolute atomic E-state index is 11.7. The Balaban J connectivity index is 2.17. The third-order valence-electron chi connectivity index (χ3n) is 4.19. The van der Waals surface area contributed by atoms with Gasteiger partial charge in [0.1, 0.15) is 0 Å². The summed E-state index contributed by atoms with van der Waals surface area (Å²) in [5, 5.41) is 14.4. The molecule has 20 heavy (non-hydrogen) atoms. The van der Waals surface area contributed by atoms with Crippen molar-refractivity contribution in [2.75, 3.05) is 13.1 Å². The zero-order valence-electron chi connectivity index (χ0n) is 12.7. The van der Waals surface area contributed by atoms with E-state index in [-0.39, 0.29) is 18.4 Å². The second-order valence-corrected chi connectivity index (χ2v) is 6.10. The molecule has 3 N–H and O–H groups in total. The standard InChI is InChI=1S/C15H28N2O3/c1-3-12(8-14(18)19)9-16-15(20)17-10-13-6-4-5-11(2)7-13/h11-13H,3-10H2,1-2H3,(H,18,19)(H2,16,17,20). The average Bonchev–Trinajstić information content (AvgIpc) is 2.40. The molecule has 0 aromatic rings. The van der Waals surface area contributed by atoms with Crippen molar-refractivity contribution in [1.29, 1.82) is 0 Å². The van der Waals surface area contributed by atoms with Crippen LogP contribution in [0.4, 0.5) is 4.79 Å². The summed E-state index contributed by atoms with van der Waals surface area (Å²) in [5.41, 5.74) is 0. The molecule has 1 aliphatic rings. The molecule has 2 amide bonds. The van der Waals surface area contributed by atoms with Gasteiger partial charge in [0.25, 0.3) is 0 Å². The molecule has 5 nitrogen and oxygen atoms in total. The zero-order chi connectivity index (χ0) is 15.0. The molecule has 3 atom stereocenters. The van der Waals surface area contributed by atoms with E-state index in [9.17, 15) is 9.59 Å². The fraction of sp³-hybridized carbons (Fsp3) is 0.867. The molecule has 5 heteroatoms. The van der Waals surface area contributed by atoms with E-state index in [1.165, 1.54) is 25.7 Å². The first-order valence-corrected chi connectivity index (χ1v) is 7.74. The Morgan fingerprint density at radius 3 is 2.65 bits per heavy atom. The summed E-state index contributed by atoms with van der Waals surface area (Å²) in [6.45, 7) is 5.36. The van der Waals surface area contributed by atoms with Gasteiger partial charge in [-0.15, -0.1) is 0 Å². The van der Waals surface area contributed by atoms with E-state index < -0.39 is 5.97 Å². The highest BCUT2D eigenvalue weighted by atomic mass is 16.4. The van der Waals surface area contributed by atoms with E-state index in [1.807, 2.05) is 6.92 Å². The minimum atomic E-state index is -0.810. The van der Waals surface area contributed by atoms with E-state index in [4.69, 9.17) is 5.11 Å². The molecule has 0 saturated heterocycles. The van der Waals surface area contributed by atoms with Gasteiger partial charge in [0.2, 0.25) is 0 Å². The highest BCUT2D eigenvalue weighted by Gasteiger charge is 2.19. The maximum Gasteiger partial charge on any atom is 0.314 e. The lowest BCUT2D eigenvalue weighted by Gasteiger charge is -2.26. The quantitative estimate of drug-likeness (QED) is 0.672. The molecular weight excluding hydrogens is 256 g/mol. The number of urea groups is 1. The van der Waals surface area contributed by atoms with Crippen LogP contribution in [-0.4, -0.2) is 30.2 Å². The molecule has 1 fully saturated rings. The largest absolute Gasteiger partial charge is 0.481 e. The number of carboxylic acids is 1. The fourth-order valence-corrected chi connectivity index (χ4v) is 2.89. The van der Waals surface area contributed by atoms with Crippen molar-refractivity contribution in [2.24, 2.45) is 17.8 Å². The maximum atomic E-state index is 11.7. The van der Waals surface area contributed by atoms with Crippen LogP contribution in [-0.2, 0) is 4.79 Å². The predicted octanol–water partition coefficient (Wildman–Crippen LogP) is 2.61. The Morgan fingerprint density at radius 2 is 2.05 bits per heavy atom.